The zero-order valence-corrected chi connectivity index (χ0v) is 19.3. The van der Waals surface area contributed by atoms with Crippen LogP contribution in [0.1, 0.15) is 32.9 Å². The first-order valence-corrected chi connectivity index (χ1v) is 11.7. The van der Waals surface area contributed by atoms with Crippen LogP contribution in [0.15, 0.2) is 48.5 Å². The van der Waals surface area contributed by atoms with Gasteiger partial charge in [-0.25, -0.2) is 4.39 Å². The Bertz CT molecular complexity index is 1200. The summed E-state index contributed by atoms with van der Waals surface area (Å²) >= 11 is 0. The molecule has 5 rings (SSSR count). The first-order valence-electron chi connectivity index (χ1n) is 11.7. The molecule has 0 radical (unpaired) electrons. The van der Waals surface area contributed by atoms with Gasteiger partial charge in [-0.05, 0) is 36.2 Å². The van der Waals surface area contributed by atoms with E-state index in [1.54, 1.807) is 17.0 Å². The summed E-state index contributed by atoms with van der Waals surface area (Å²) in [7, 11) is 0. The predicted molar refractivity (Wildman–Crippen MR) is 127 cm³/mol. The molecule has 0 bridgehead atoms. The third-order valence-corrected chi connectivity index (χ3v) is 6.78. The fourth-order valence-electron chi connectivity index (χ4n) is 4.79. The third-order valence-electron chi connectivity index (χ3n) is 6.78. The van der Waals surface area contributed by atoms with Gasteiger partial charge in [-0.2, -0.15) is 5.10 Å². The van der Waals surface area contributed by atoms with E-state index in [4.69, 9.17) is 0 Å². The number of rotatable bonds is 4. The lowest BCUT2D eigenvalue weighted by atomic mass is 10.0. The Morgan fingerprint density at radius 2 is 1.71 bits per heavy atom. The summed E-state index contributed by atoms with van der Waals surface area (Å²) in [6, 6.07) is 14.3. The Morgan fingerprint density at radius 1 is 0.971 bits per heavy atom. The molecule has 8 heteroatoms. The van der Waals surface area contributed by atoms with Crippen molar-refractivity contribution in [1.82, 2.24) is 20.0 Å². The van der Waals surface area contributed by atoms with Gasteiger partial charge < -0.3 is 14.7 Å². The molecule has 2 aliphatic rings. The molecule has 7 nitrogen and oxygen atoms in total. The number of benzene rings is 2. The highest BCUT2D eigenvalue weighted by Gasteiger charge is 2.31. The van der Waals surface area contributed by atoms with Crippen LogP contribution in [-0.2, 0) is 24.2 Å². The van der Waals surface area contributed by atoms with Crippen LogP contribution in [0.5, 0.6) is 0 Å². The molecule has 2 amide bonds. The molecule has 3 heterocycles. The number of H-pyrrole nitrogens is 1. The van der Waals surface area contributed by atoms with Crippen LogP contribution in [0.25, 0.3) is 0 Å². The van der Waals surface area contributed by atoms with E-state index >= 15 is 0 Å². The number of amides is 2. The van der Waals surface area contributed by atoms with Crippen molar-refractivity contribution in [3.63, 3.8) is 0 Å². The molecular formula is C26H28FN5O2. The first kappa shape index (κ1) is 22.1. The van der Waals surface area contributed by atoms with Gasteiger partial charge in [-0.15, -0.1) is 0 Å². The van der Waals surface area contributed by atoms with E-state index in [1.165, 1.54) is 23.4 Å². The summed E-state index contributed by atoms with van der Waals surface area (Å²) in [5, 5.41) is 7.36. The Kier molecular flexibility index (Phi) is 6.04. The zero-order valence-electron chi connectivity index (χ0n) is 19.3. The number of aromatic amines is 1. The number of fused-ring (bicyclic) bond motifs is 1. The molecule has 1 saturated heterocycles. The molecule has 0 atom stereocenters. The molecule has 1 fully saturated rings. The minimum absolute atomic E-state index is 0.0382. The van der Waals surface area contributed by atoms with Crippen LogP contribution in [0.3, 0.4) is 0 Å². The molecule has 2 aromatic carbocycles. The van der Waals surface area contributed by atoms with E-state index in [0.29, 0.717) is 38.3 Å². The maximum Gasteiger partial charge on any atom is 0.274 e. The van der Waals surface area contributed by atoms with Crippen molar-refractivity contribution < 1.29 is 14.0 Å². The van der Waals surface area contributed by atoms with Gasteiger partial charge in [0.1, 0.15) is 5.82 Å². The molecular weight excluding hydrogens is 433 g/mol. The second-order valence-electron chi connectivity index (χ2n) is 8.96. The van der Waals surface area contributed by atoms with Crippen LogP contribution < -0.4 is 4.90 Å². The van der Waals surface area contributed by atoms with Crippen LogP contribution in [-0.4, -0.2) is 64.5 Å². The van der Waals surface area contributed by atoms with Gasteiger partial charge in [-0.1, -0.05) is 30.3 Å². The van der Waals surface area contributed by atoms with E-state index in [0.717, 1.165) is 29.9 Å². The topological polar surface area (TPSA) is 72.5 Å². The standard InChI is InChI=1S/C26H28FN5O2/c1-18-4-2-3-5-23(18)30-12-14-31(15-13-30)26(34)25-21-17-32(11-10-22(21)28-29-25)24(33)16-19-6-8-20(27)9-7-19/h2-9H,10-17H2,1H3,(H,28,29). The number of para-hydroxylation sites is 1. The van der Waals surface area contributed by atoms with E-state index in [9.17, 15) is 14.0 Å². The van der Waals surface area contributed by atoms with Gasteiger partial charge in [0.2, 0.25) is 5.91 Å². The van der Waals surface area contributed by atoms with Crippen molar-refractivity contribution in [3.05, 3.63) is 82.4 Å². The van der Waals surface area contributed by atoms with Crippen molar-refractivity contribution in [1.29, 1.82) is 0 Å². The van der Waals surface area contributed by atoms with Crippen LogP contribution in [0.2, 0.25) is 0 Å². The van der Waals surface area contributed by atoms with Crippen molar-refractivity contribution in [2.45, 2.75) is 26.3 Å². The molecule has 3 aromatic rings. The fourth-order valence-corrected chi connectivity index (χ4v) is 4.79. The van der Waals surface area contributed by atoms with Gasteiger partial charge in [0.05, 0.1) is 6.42 Å². The number of aromatic nitrogens is 2. The van der Waals surface area contributed by atoms with Gasteiger partial charge in [0.15, 0.2) is 5.69 Å². The van der Waals surface area contributed by atoms with Crippen molar-refractivity contribution in [3.8, 4) is 0 Å². The normalized spacial score (nSPS) is 15.9. The minimum atomic E-state index is -0.319. The highest BCUT2D eigenvalue weighted by molar-refractivity contribution is 5.94. The maximum absolute atomic E-state index is 13.3. The van der Waals surface area contributed by atoms with Crippen molar-refractivity contribution in [2.24, 2.45) is 0 Å². The minimum Gasteiger partial charge on any atom is -0.368 e. The quantitative estimate of drug-likeness (QED) is 0.649. The number of carbonyl (C=O) groups is 2. The van der Waals surface area contributed by atoms with Gasteiger partial charge in [-0.3, -0.25) is 14.7 Å². The van der Waals surface area contributed by atoms with Crippen LogP contribution in [0, 0.1) is 12.7 Å². The summed E-state index contributed by atoms with van der Waals surface area (Å²) in [6.07, 6.45) is 0.837. The number of halogens is 1. The zero-order chi connectivity index (χ0) is 23.7. The van der Waals surface area contributed by atoms with Crippen molar-refractivity contribution >= 4 is 17.5 Å². The van der Waals surface area contributed by atoms with Gasteiger partial charge in [0, 0.05) is 62.6 Å². The maximum atomic E-state index is 13.3. The number of nitrogens with one attached hydrogen (secondary N) is 1. The Morgan fingerprint density at radius 3 is 2.44 bits per heavy atom. The van der Waals surface area contributed by atoms with E-state index in [1.807, 2.05) is 17.0 Å². The number of aryl methyl sites for hydroxylation is 1. The number of nitrogens with zero attached hydrogens (tertiary/aromatic N) is 4. The van der Waals surface area contributed by atoms with E-state index in [-0.39, 0.29) is 24.1 Å². The second-order valence-corrected chi connectivity index (χ2v) is 8.96. The smallest absolute Gasteiger partial charge is 0.274 e. The molecule has 0 spiro atoms. The Balaban J connectivity index is 1.24. The lowest BCUT2D eigenvalue weighted by molar-refractivity contribution is -0.131. The average Bonchev–Trinajstić information content (AvgIpc) is 3.29. The number of hydrogen-bond donors (Lipinski definition) is 1. The lowest BCUT2D eigenvalue weighted by Gasteiger charge is -2.36. The predicted octanol–water partition coefficient (Wildman–Crippen LogP) is 2.95. The first-order chi connectivity index (χ1) is 16.5. The monoisotopic (exact) mass is 461 g/mol. The highest BCUT2D eigenvalue weighted by atomic mass is 19.1. The molecule has 0 unspecified atom stereocenters. The number of hydrogen-bond acceptors (Lipinski definition) is 4. The summed E-state index contributed by atoms with van der Waals surface area (Å²) in [5.41, 5.74) is 5.36. The van der Waals surface area contributed by atoms with Crippen LogP contribution in [0.4, 0.5) is 10.1 Å². The number of piperazine rings is 1. The van der Waals surface area contributed by atoms with Gasteiger partial charge >= 0.3 is 0 Å². The fraction of sp³-hybridized carbons (Fsp3) is 0.346. The van der Waals surface area contributed by atoms with E-state index in [2.05, 4.69) is 34.2 Å². The average molecular weight is 462 g/mol. The highest BCUT2D eigenvalue weighted by Crippen LogP contribution is 2.24. The molecule has 34 heavy (non-hydrogen) atoms. The third kappa shape index (κ3) is 4.40. The van der Waals surface area contributed by atoms with E-state index < -0.39 is 0 Å². The Labute approximate surface area is 198 Å². The lowest BCUT2D eigenvalue weighted by Crippen LogP contribution is -2.49. The Hall–Kier alpha value is -3.68. The number of carbonyl (C=O) groups excluding carboxylic acids is 2. The molecule has 2 aliphatic heterocycles. The van der Waals surface area contributed by atoms with Gasteiger partial charge in [0.25, 0.3) is 5.91 Å². The summed E-state index contributed by atoms with van der Waals surface area (Å²) in [4.78, 5) is 32.1. The second kappa shape index (κ2) is 9.29. The summed E-state index contributed by atoms with van der Waals surface area (Å²) in [6.45, 7) is 5.82. The molecule has 0 aliphatic carbocycles. The SMILES string of the molecule is Cc1ccccc1N1CCN(C(=O)c2n[nH]c3c2CN(C(=O)Cc2ccc(F)cc2)CC3)CC1. The molecule has 0 saturated carbocycles. The summed E-state index contributed by atoms with van der Waals surface area (Å²) in [5.74, 6) is -0.446. The number of anilines is 1. The molecule has 176 valence electrons. The largest absolute Gasteiger partial charge is 0.368 e. The van der Waals surface area contributed by atoms with Crippen LogP contribution >= 0.6 is 0 Å². The summed E-state index contributed by atoms with van der Waals surface area (Å²) < 4.78 is 13.2. The van der Waals surface area contributed by atoms with Crippen molar-refractivity contribution in [2.75, 3.05) is 37.6 Å². The molecule has 1 aromatic heterocycles. The molecule has 1 N–H and O–H groups in total.